The molecule has 1 heterocycles. The van der Waals surface area contributed by atoms with Crippen LogP contribution < -0.4 is 10.1 Å². The van der Waals surface area contributed by atoms with Crippen molar-refractivity contribution >= 4 is 37.9 Å². The fourth-order valence-electron chi connectivity index (χ4n) is 2.93. The first-order valence-corrected chi connectivity index (χ1v) is 12.3. The number of hydrogen-bond acceptors (Lipinski definition) is 8. The lowest BCUT2D eigenvalue weighted by Crippen LogP contribution is -2.24. The molecule has 1 N–H and O–H groups in total. The normalized spacial score (nSPS) is 14.1. The standard InChI is InChI=1S/C22H21N3O5S2/c1-29-17-6-2-15(3-7-17)14-30-25-20(21(26)24-22-23-12-13-31-22)16-4-8-18(9-5-16)32(27,28)19-10-11-19/h2-9,12-13,19H,10-11,14H2,1H3,(H,23,24,26). The number of rotatable bonds is 9. The first kappa shape index (κ1) is 22.0. The Bertz CT molecular complexity index is 1200. The van der Waals surface area contributed by atoms with Crippen molar-refractivity contribution in [3.05, 3.63) is 71.2 Å². The minimum atomic E-state index is -3.32. The van der Waals surface area contributed by atoms with Gasteiger partial charge < -0.3 is 9.57 Å². The maximum Gasteiger partial charge on any atom is 0.280 e. The number of nitrogens with one attached hydrogen (secondary N) is 1. The molecule has 0 spiro atoms. The zero-order chi connectivity index (χ0) is 22.6. The van der Waals surface area contributed by atoms with E-state index in [1.54, 1.807) is 43.0 Å². The highest BCUT2D eigenvalue weighted by atomic mass is 32.2. The van der Waals surface area contributed by atoms with Crippen LogP contribution in [0.5, 0.6) is 5.75 Å². The number of sulfone groups is 1. The second kappa shape index (κ2) is 9.49. The molecular weight excluding hydrogens is 450 g/mol. The summed E-state index contributed by atoms with van der Waals surface area (Å²) >= 11 is 1.27. The molecule has 32 heavy (non-hydrogen) atoms. The topological polar surface area (TPSA) is 107 Å². The molecule has 0 radical (unpaired) electrons. The first-order chi connectivity index (χ1) is 15.5. The van der Waals surface area contributed by atoms with Crippen LogP contribution in [0.25, 0.3) is 0 Å². The van der Waals surface area contributed by atoms with Gasteiger partial charge >= 0.3 is 0 Å². The van der Waals surface area contributed by atoms with Gasteiger partial charge in [0.2, 0.25) is 0 Å². The van der Waals surface area contributed by atoms with E-state index in [0.717, 1.165) is 11.3 Å². The molecule has 1 aromatic heterocycles. The van der Waals surface area contributed by atoms with Gasteiger partial charge in [0.1, 0.15) is 12.4 Å². The molecule has 0 atom stereocenters. The maximum atomic E-state index is 12.8. The van der Waals surface area contributed by atoms with Gasteiger partial charge in [0.15, 0.2) is 20.7 Å². The van der Waals surface area contributed by atoms with E-state index < -0.39 is 15.7 Å². The van der Waals surface area contributed by atoms with E-state index in [2.05, 4.69) is 15.5 Å². The van der Waals surface area contributed by atoms with E-state index >= 15 is 0 Å². The number of carbonyl (C=O) groups excluding carboxylic acids is 1. The molecular formula is C22H21N3O5S2. The molecule has 10 heteroatoms. The smallest absolute Gasteiger partial charge is 0.280 e. The van der Waals surface area contributed by atoms with Gasteiger partial charge in [0, 0.05) is 17.1 Å². The van der Waals surface area contributed by atoms with E-state index in [9.17, 15) is 13.2 Å². The van der Waals surface area contributed by atoms with Crippen LogP contribution in [-0.4, -0.2) is 37.4 Å². The lowest BCUT2D eigenvalue weighted by Gasteiger charge is -2.09. The van der Waals surface area contributed by atoms with Gasteiger partial charge in [0.25, 0.3) is 5.91 Å². The number of amides is 1. The molecule has 1 aliphatic rings. The van der Waals surface area contributed by atoms with Gasteiger partial charge in [0.05, 0.1) is 17.3 Å². The molecule has 0 aliphatic heterocycles. The Labute approximate surface area is 189 Å². The van der Waals surface area contributed by atoms with Gasteiger partial charge in [-0.1, -0.05) is 29.4 Å². The molecule has 0 saturated heterocycles. The summed E-state index contributed by atoms with van der Waals surface area (Å²) in [5.74, 6) is 0.217. The minimum Gasteiger partial charge on any atom is -0.497 e. The number of carbonyl (C=O) groups is 1. The zero-order valence-corrected chi connectivity index (χ0v) is 18.9. The molecule has 3 aromatic rings. The van der Waals surface area contributed by atoms with Crippen molar-refractivity contribution < 1.29 is 22.8 Å². The van der Waals surface area contributed by atoms with E-state index in [1.807, 2.05) is 12.1 Å². The zero-order valence-electron chi connectivity index (χ0n) is 17.2. The molecule has 2 aromatic carbocycles. The largest absolute Gasteiger partial charge is 0.497 e. The van der Waals surface area contributed by atoms with E-state index in [4.69, 9.17) is 9.57 Å². The van der Waals surface area contributed by atoms with Crippen molar-refractivity contribution in [3.63, 3.8) is 0 Å². The second-order valence-corrected chi connectivity index (χ2v) is 10.2. The minimum absolute atomic E-state index is 0.0177. The van der Waals surface area contributed by atoms with Crippen LogP contribution in [0.1, 0.15) is 24.0 Å². The average molecular weight is 472 g/mol. The van der Waals surface area contributed by atoms with Crippen LogP contribution in [0.15, 0.2) is 70.2 Å². The average Bonchev–Trinajstić information content (AvgIpc) is 3.56. The van der Waals surface area contributed by atoms with Crippen LogP contribution >= 0.6 is 11.3 Å². The molecule has 1 saturated carbocycles. The molecule has 0 unspecified atom stereocenters. The molecule has 1 aliphatic carbocycles. The number of anilines is 1. The summed E-state index contributed by atoms with van der Waals surface area (Å²) in [5, 5.41) is 8.59. The van der Waals surface area contributed by atoms with Gasteiger partial charge in [-0.2, -0.15) is 0 Å². The van der Waals surface area contributed by atoms with Gasteiger partial charge in [-0.25, -0.2) is 13.4 Å². The quantitative estimate of drug-likeness (QED) is 0.377. The Kier molecular flexibility index (Phi) is 6.52. The second-order valence-electron chi connectivity index (χ2n) is 7.12. The van der Waals surface area contributed by atoms with E-state index in [0.29, 0.717) is 23.5 Å². The molecule has 8 nitrogen and oxygen atoms in total. The molecule has 1 fully saturated rings. The van der Waals surface area contributed by atoms with Crippen LogP contribution in [0, 0.1) is 0 Å². The van der Waals surface area contributed by atoms with Crippen molar-refractivity contribution in [1.82, 2.24) is 4.98 Å². The Morgan fingerprint density at radius 3 is 2.47 bits per heavy atom. The van der Waals surface area contributed by atoms with Crippen LogP contribution in [-0.2, 0) is 26.1 Å². The number of ether oxygens (including phenoxy) is 1. The van der Waals surface area contributed by atoms with Gasteiger partial charge in [-0.05, 0) is 42.7 Å². The summed E-state index contributed by atoms with van der Waals surface area (Å²) in [6, 6.07) is 13.4. The summed E-state index contributed by atoms with van der Waals surface area (Å²) < 4.78 is 30.0. The molecule has 4 rings (SSSR count). The van der Waals surface area contributed by atoms with Crippen molar-refractivity contribution in [2.45, 2.75) is 29.6 Å². The lowest BCUT2D eigenvalue weighted by atomic mass is 10.1. The number of thiazole rings is 1. The van der Waals surface area contributed by atoms with Crippen molar-refractivity contribution in [2.75, 3.05) is 12.4 Å². The number of methoxy groups -OCH3 is 1. The number of benzene rings is 2. The fourth-order valence-corrected chi connectivity index (χ4v) is 5.11. The highest BCUT2D eigenvalue weighted by molar-refractivity contribution is 7.92. The third-order valence-corrected chi connectivity index (χ3v) is 7.80. The van der Waals surface area contributed by atoms with Crippen molar-refractivity contribution in [1.29, 1.82) is 0 Å². The molecule has 166 valence electrons. The Balaban J connectivity index is 1.55. The monoisotopic (exact) mass is 471 g/mol. The van der Waals surface area contributed by atoms with Crippen LogP contribution in [0.2, 0.25) is 0 Å². The van der Waals surface area contributed by atoms with Crippen LogP contribution in [0.3, 0.4) is 0 Å². The number of hydrogen-bond donors (Lipinski definition) is 1. The maximum absolute atomic E-state index is 12.8. The summed E-state index contributed by atoms with van der Waals surface area (Å²) in [7, 11) is -1.73. The summed E-state index contributed by atoms with van der Waals surface area (Å²) in [5.41, 5.74) is 1.30. The summed E-state index contributed by atoms with van der Waals surface area (Å²) in [4.78, 5) is 22.6. The summed E-state index contributed by atoms with van der Waals surface area (Å²) in [6.45, 7) is 0.145. The number of aromatic nitrogens is 1. The van der Waals surface area contributed by atoms with E-state index in [1.165, 1.54) is 23.5 Å². The Hall–Kier alpha value is -3.24. The van der Waals surface area contributed by atoms with Crippen LogP contribution in [0.4, 0.5) is 5.13 Å². The SMILES string of the molecule is COc1ccc(CON=C(C(=O)Nc2nccs2)c2ccc(S(=O)(=O)C3CC3)cc2)cc1. The Morgan fingerprint density at radius 2 is 1.88 bits per heavy atom. The van der Waals surface area contributed by atoms with Crippen molar-refractivity contribution in [2.24, 2.45) is 5.16 Å². The fraction of sp³-hybridized carbons (Fsp3) is 0.227. The van der Waals surface area contributed by atoms with Gasteiger partial charge in [-0.15, -0.1) is 11.3 Å². The first-order valence-electron chi connectivity index (χ1n) is 9.85. The Morgan fingerprint density at radius 1 is 1.16 bits per heavy atom. The highest BCUT2D eigenvalue weighted by Crippen LogP contribution is 2.33. The highest BCUT2D eigenvalue weighted by Gasteiger charge is 2.36. The van der Waals surface area contributed by atoms with Gasteiger partial charge in [-0.3, -0.25) is 10.1 Å². The predicted octanol–water partition coefficient (Wildman–Crippen LogP) is 3.65. The predicted molar refractivity (Wildman–Crippen MR) is 122 cm³/mol. The summed E-state index contributed by atoms with van der Waals surface area (Å²) in [6.07, 6.45) is 2.95. The number of oxime groups is 1. The molecule has 0 bridgehead atoms. The molecule has 1 amide bonds. The lowest BCUT2D eigenvalue weighted by molar-refractivity contribution is -0.110. The number of nitrogens with zero attached hydrogens (tertiary/aromatic N) is 2. The van der Waals surface area contributed by atoms with E-state index in [-0.39, 0.29) is 22.5 Å². The third kappa shape index (κ3) is 5.14. The third-order valence-electron chi connectivity index (χ3n) is 4.83. The van der Waals surface area contributed by atoms with Crippen molar-refractivity contribution in [3.8, 4) is 5.75 Å².